The Morgan fingerprint density at radius 1 is 1.60 bits per heavy atom. The largest absolute Gasteiger partial charge is 0.378 e. The van der Waals surface area contributed by atoms with Gasteiger partial charge < -0.3 is 9.64 Å². The number of amidine groups is 1. The molecule has 2 rings (SSSR count). The molecule has 1 N–H and O–H groups in total. The normalized spacial score (nSPS) is 16.7. The van der Waals surface area contributed by atoms with E-state index in [9.17, 15) is 0 Å². The van der Waals surface area contributed by atoms with Crippen LogP contribution >= 0.6 is 11.3 Å². The van der Waals surface area contributed by atoms with E-state index in [-0.39, 0.29) is 0 Å². The minimum absolute atomic E-state index is 0.651. The molecule has 1 aliphatic heterocycles. The van der Waals surface area contributed by atoms with Crippen molar-refractivity contribution in [2.45, 2.75) is 13.3 Å². The van der Waals surface area contributed by atoms with Gasteiger partial charge in [0.15, 0.2) is 0 Å². The second kappa shape index (κ2) is 4.72. The van der Waals surface area contributed by atoms with Crippen LogP contribution in [0.3, 0.4) is 0 Å². The minimum atomic E-state index is 0.651. The number of aryl methyl sites for hydroxylation is 1. The van der Waals surface area contributed by atoms with Gasteiger partial charge in [-0.25, -0.2) is 4.98 Å². The van der Waals surface area contributed by atoms with Gasteiger partial charge in [0.1, 0.15) is 10.8 Å². The van der Waals surface area contributed by atoms with Crippen molar-refractivity contribution in [3.05, 3.63) is 16.1 Å². The number of ether oxygens (including phenoxy) is 1. The van der Waals surface area contributed by atoms with Gasteiger partial charge in [-0.1, -0.05) is 0 Å². The molecule has 0 saturated carbocycles. The van der Waals surface area contributed by atoms with Crippen LogP contribution in [-0.4, -0.2) is 42.0 Å². The first-order chi connectivity index (χ1) is 7.25. The van der Waals surface area contributed by atoms with E-state index < -0.39 is 0 Å². The second-order valence-corrected chi connectivity index (χ2v) is 4.55. The number of thiazole rings is 1. The molecule has 2 heterocycles. The molecule has 1 aromatic rings. The van der Waals surface area contributed by atoms with E-state index in [0.29, 0.717) is 12.3 Å². The SMILES string of the molecule is Cc1csc(CC(=N)N2CCOCC2)n1. The predicted octanol–water partition coefficient (Wildman–Crippen LogP) is 1.30. The van der Waals surface area contributed by atoms with Crippen LogP contribution in [0, 0.1) is 12.3 Å². The Kier molecular flexibility index (Phi) is 3.33. The third kappa shape index (κ3) is 2.76. The monoisotopic (exact) mass is 225 g/mol. The van der Waals surface area contributed by atoms with Crippen molar-refractivity contribution < 1.29 is 4.74 Å². The van der Waals surface area contributed by atoms with Crippen LogP contribution in [0.5, 0.6) is 0 Å². The molecule has 0 aliphatic carbocycles. The molecule has 1 fully saturated rings. The Hall–Kier alpha value is -0.940. The third-order valence-electron chi connectivity index (χ3n) is 2.38. The quantitative estimate of drug-likeness (QED) is 0.609. The molecule has 0 atom stereocenters. The highest BCUT2D eigenvalue weighted by Crippen LogP contribution is 2.11. The van der Waals surface area contributed by atoms with Gasteiger partial charge in [0.25, 0.3) is 0 Å². The number of nitrogens with zero attached hydrogens (tertiary/aromatic N) is 2. The molecule has 82 valence electrons. The molecule has 0 unspecified atom stereocenters. The van der Waals surface area contributed by atoms with Crippen LogP contribution in [0.1, 0.15) is 10.7 Å². The van der Waals surface area contributed by atoms with E-state index in [1.54, 1.807) is 11.3 Å². The zero-order chi connectivity index (χ0) is 10.7. The van der Waals surface area contributed by atoms with Gasteiger partial charge >= 0.3 is 0 Å². The highest BCUT2D eigenvalue weighted by molar-refractivity contribution is 7.09. The van der Waals surface area contributed by atoms with Crippen molar-refractivity contribution in [2.24, 2.45) is 0 Å². The highest BCUT2D eigenvalue weighted by atomic mass is 32.1. The molecular weight excluding hydrogens is 210 g/mol. The predicted molar refractivity (Wildman–Crippen MR) is 60.7 cm³/mol. The number of nitrogens with one attached hydrogen (secondary N) is 1. The van der Waals surface area contributed by atoms with E-state index >= 15 is 0 Å². The van der Waals surface area contributed by atoms with E-state index in [1.165, 1.54) is 0 Å². The molecule has 1 saturated heterocycles. The van der Waals surface area contributed by atoms with Gasteiger partial charge in [0.05, 0.1) is 19.6 Å². The Bertz CT molecular complexity index is 344. The summed E-state index contributed by atoms with van der Waals surface area (Å²) in [6.07, 6.45) is 0.651. The van der Waals surface area contributed by atoms with E-state index in [0.717, 1.165) is 37.0 Å². The zero-order valence-corrected chi connectivity index (χ0v) is 9.64. The molecule has 1 aliphatic rings. The molecule has 15 heavy (non-hydrogen) atoms. The summed E-state index contributed by atoms with van der Waals surface area (Å²) in [7, 11) is 0. The second-order valence-electron chi connectivity index (χ2n) is 3.61. The van der Waals surface area contributed by atoms with Gasteiger partial charge in [-0.2, -0.15) is 0 Å². The summed E-state index contributed by atoms with van der Waals surface area (Å²) < 4.78 is 5.25. The summed E-state index contributed by atoms with van der Waals surface area (Å²) in [5.41, 5.74) is 1.05. The Labute approximate surface area is 93.4 Å². The topological polar surface area (TPSA) is 49.2 Å². The maximum absolute atomic E-state index is 7.97. The third-order valence-corrected chi connectivity index (χ3v) is 3.34. The molecule has 1 aromatic heterocycles. The number of rotatable bonds is 2. The molecule has 0 radical (unpaired) electrons. The van der Waals surface area contributed by atoms with Crippen LogP contribution in [-0.2, 0) is 11.2 Å². The van der Waals surface area contributed by atoms with Crippen molar-refractivity contribution in [1.82, 2.24) is 9.88 Å². The van der Waals surface area contributed by atoms with Crippen molar-refractivity contribution in [3.8, 4) is 0 Å². The van der Waals surface area contributed by atoms with Crippen LogP contribution in [0.15, 0.2) is 5.38 Å². The van der Waals surface area contributed by atoms with E-state index in [4.69, 9.17) is 10.1 Å². The lowest BCUT2D eigenvalue weighted by atomic mass is 10.3. The summed E-state index contributed by atoms with van der Waals surface area (Å²) >= 11 is 1.63. The van der Waals surface area contributed by atoms with Gasteiger partial charge in [-0.05, 0) is 6.92 Å². The fourth-order valence-corrected chi connectivity index (χ4v) is 2.35. The first-order valence-corrected chi connectivity index (χ1v) is 5.95. The van der Waals surface area contributed by atoms with Gasteiger partial charge in [0, 0.05) is 24.2 Å². The Balaban J connectivity index is 1.91. The van der Waals surface area contributed by atoms with Crippen LogP contribution in [0.25, 0.3) is 0 Å². The molecule has 0 bridgehead atoms. The first kappa shape index (κ1) is 10.6. The summed E-state index contributed by atoms with van der Waals surface area (Å²) in [4.78, 5) is 6.43. The lowest BCUT2D eigenvalue weighted by molar-refractivity contribution is 0.0670. The van der Waals surface area contributed by atoms with E-state index in [1.807, 2.05) is 12.3 Å². The van der Waals surface area contributed by atoms with Gasteiger partial charge in [-0.15, -0.1) is 11.3 Å². The number of hydrogen-bond donors (Lipinski definition) is 1. The minimum Gasteiger partial charge on any atom is -0.378 e. The number of aromatic nitrogens is 1. The lowest BCUT2D eigenvalue weighted by Crippen LogP contribution is -2.41. The summed E-state index contributed by atoms with van der Waals surface area (Å²) in [6, 6.07) is 0. The summed E-state index contributed by atoms with van der Waals surface area (Å²) in [5.74, 6) is 0.660. The average molecular weight is 225 g/mol. The van der Waals surface area contributed by atoms with Crippen LogP contribution in [0.4, 0.5) is 0 Å². The first-order valence-electron chi connectivity index (χ1n) is 5.07. The molecule has 4 nitrogen and oxygen atoms in total. The summed E-state index contributed by atoms with van der Waals surface area (Å²) in [6.45, 7) is 5.13. The van der Waals surface area contributed by atoms with Crippen molar-refractivity contribution in [3.63, 3.8) is 0 Å². The number of hydrogen-bond acceptors (Lipinski definition) is 4. The Morgan fingerprint density at radius 2 is 2.33 bits per heavy atom. The molecule has 0 amide bonds. The van der Waals surface area contributed by atoms with Crippen molar-refractivity contribution >= 4 is 17.2 Å². The molecular formula is C10H15N3OS. The standard InChI is InChI=1S/C10H15N3OS/c1-8-7-15-10(12-8)6-9(11)13-2-4-14-5-3-13/h7,11H,2-6H2,1H3. The van der Waals surface area contributed by atoms with Crippen LogP contribution in [0.2, 0.25) is 0 Å². The van der Waals surface area contributed by atoms with Crippen LogP contribution < -0.4 is 0 Å². The molecule has 5 heteroatoms. The van der Waals surface area contributed by atoms with Gasteiger partial charge in [-0.3, -0.25) is 5.41 Å². The maximum Gasteiger partial charge on any atom is 0.103 e. The van der Waals surface area contributed by atoms with E-state index in [2.05, 4.69) is 9.88 Å². The Morgan fingerprint density at radius 3 is 2.93 bits per heavy atom. The molecule has 0 spiro atoms. The fraction of sp³-hybridized carbons (Fsp3) is 0.600. The van der Waals surface area contributed by atoms with Crippen molar-refractivity contribution in [2.75, 3.05) is 26.3 Å². The number of morpholine rings is 1. The summed E-state index contributed by atoms with van der Waals surface area (Å²) in [5, 5.41) is 11.0. The van der Waals surface area contributed by atoms with Gasteiger partial charge in [0.2, 0.25) is 0 Å². The maximum atomic E-state index is 7.97. The van der Waals surface area contributed by atoms with Crippen molar-refractivity contribution in [1.29, 1.82) is 5.41 Å². The smallest absolute Gasteiger partial charge is 0.103 e. The highest BCUT2D eigenvalue weighted by Gasteiger charge is 2.14. The average Bonchev–Trinajstić information content (AvgIpc) is 2.65. The zero-order valence-electron chi connectivity index (χ0n) is 8.82. The lowest BCUT2D eigenvalue weighted by Gasteiger charge is -2.28. The fourth-order valence-electron chi connectivity index (χ4n) is 1.57. The molecule has 0 aromatic carbocycles.